The molecule has 7 heteroatoms. The highest BCUT2D eigenvalue weighted by Gasteiger charge is 2.16. The number of hydrogen-bond donors (Lipinski definition) is 5. The van der Waals surface area contributed by atoms with Crippen molar-refractivity contribution < 1.29 is 15.0 Å². The Morgan fingerprint density at radius 2 is 2.20 bits per heavy atom. The Morgan fingerprint density at radius 1 is 1.45 bits per heavy atom. The maximum absolute atomic E-state index is 11.9. The zero-order chi connectivity index (χ0) is 14.7. The van der Waals surface area contributed by atoms with Gasteiger partial charge in [0, 0.05) is 5.56 Å². The SMILES string of the molecule is Cc1cn[nH]c1NC(=O)[C@@H](N)Cc1ccc(O)c(O)c1. The molecule has 1 amide bonds. The molecule has 106 valence electrons. The van der Waals surface area contributed by atoms with Crippen molar-refractivity contribution >= 4 is 11.7 Å². The van der Waals surface area contributed by atoms with Gasteiger partial charge in [-0.2, -0.15) is 5.10 Å². The van der Waals surface area contributed by atoms with Gasteiger partial charge in [0.1, 0.15) is 5.82 Å². The number of carbonyl (C=O) groups is 1. The molecule has 0 bridgehead atoms. The lowest BCUT2D eigenvalue weighted by Crippen LogP contribution is -2.37. The number of aromatic amines is 1. The minimum atomic E-state index is -0.776. The van der Waals surface area contributed by atoms with E-state index in [2.05, 4.69) is 15.5 Å². The molecule has 2 rings (SSSR count). The van der Waals surface area contributed by atoms with Crippen molar-refractivity contribution in [1.29, 1.82) is 0 Å². The summed E-state index contributed by atoms with van der Waals surface area (Å²) in [6.07, 6.45) is 1.84. The highest BCUT2D eigenvalue weighted by atomic mass is 16.3. The van der Waals surface area contributed by atoms with Gasteiger partial charge in [0.05, 0.1) is 12.2 Å². The lowest BCUT2D eigenvalue weighted by atomic mass is 10.1. The second kappa shape index (κ2) is 5.62. The van der Waals surface area contributed by atoms with Crippen LogP contribution in [-0.4, -0.2) is 32.4 Å². The maximum Gasteiger partial charge on any atom is 0.242 e. The average Bonchev–Trinajstić information content (AvgIpc) is 2.79. The van der Waals surface area contributed by atoms with E-state index in [1.165, 1.54) is 12.1 Å². The van der Waals surface area contributed by atoms with Crippen molar-refractivity contribution in [2.24, 2.45) is 5.73 Å². The van der Waals surface area contributed by atoms with Crippen LogP contribution >= 0.6 is 0 Å². The van der Waals surface area contributed by atoms with E-state index in [0.29, 0.717) is 11.4 Å². The Morgan fingerprint density at radius 3 is 2.80 bits per heavy atom. The predicted molar refractivity (Wildman–Crippen MR) is 73.4 cm³/mol. The smallest absolute Gasteiger partial charge is 0.242 e. The molecule has 0 radical (unpaired) electrons. The standard InChI is InChI=1S/C13H16N4O3/c1-7-6-15-17-12(7)16-13(20)9(14)4-8-2-3-10(18)11(19)5-8/h2-3,5-6,9,18-19H,4,14H2,1H3,(H2,15,16,17,20)/t9-/m0/s1. The lowest BCUT2D eigenvalue weighted by Gasteiger charge is -2.12. The van der Waals surface area contributed by atoms with E-state index in [0.717, 1.165) is 5.56 Å². The molecule has 2 aromatic rings. The van der Waals surface area contributed by atoms with Gasteiger partial charge in [-0.25, -0.2) is 0 Å². The number of rotatable bonds is 4. The monoisotopic (exact) mass is 276 g/mol. The van der Waals surface area contributed by atoms with Crippen LogP contribution < -0.4 is 11.1 Å². The van der Waals surface area contributed by atoms with E-state index in [-0.39, 0.29) is 23.8 Å². The third-order valence-electron chi connectivity index (χ3n) is 2.91. The number of phenolic OH excluding ortho intramolecular Hbond substituents is 2. The zero-order valence-corrected chi connectivity index (χ0v) is 10.9. The quantitative estimate of drug-likeness (QED) is 0.524. The van der Waals surface area contributed by atoms with Crippen LogP contribution in [0.2, 0.25) is 0 Å². The van der Waals surface area contributed by atoms with Crippen molar-refractivity contribution in [3.8, 4) is 11.5 Å². The Hall–Kier alpha value is -2.54. The van der Waals surface area contributed by atoms with Crippen LogP contribution in [0.4, 0.5) is 5.82 Å². The molecule has 0 aliphatic heterocycles. The van der Waals surface area contributed by atoms with E-state index < -0.39 is 6.04 Å². The summed E-state index contributed by atoms with van der Waals surface area (Å²) in [5.74, 6) is -0.289. The number of nitrogens with zero attached hydrogens (tertiary/aromatic N) is 1. The summed E-state index contributed by atoms with van der Waals surface area (Å²) in [6, 6.07) is 3.56. The topological polar surface area (TPSA) is 124 Å². The second-order valence-corrected chi connectivity index (χ2v) is 4.55. The fourth-order valence-corrected chi connectivity index (χ4v) is 1.73. The fraction of sp³-hybridized carbons (Fsp3) is 0.231. The lowest BCUT2D eigenvalue weighted by molar-refractivity contribution is -0.117. The third kappa shape index (κ3) is 3.07. The molecule has 0 saturated heterocycles. The molecule has 0 fully saturated rings. The number of phenols is 2. The van der Waals surface area contributed by atoms with Gasteiger partial charge in [-0.15, -0.1) is 0 Å². The molecule has 1 heterocycles. The molecule has 0 unspecified atom stereocenters. The largest absolute Gasteiger partial charge is 0.504 e. The van der Waals surface area contributed by atoms with Gasteiger partial charge in [-0.05, 0) is 31.0 Å². The average molecular weight is 276 g/mol. The van der Waals surface area contributed by atoms with Crippen LogP contribution in [0, 0.1) is 6.92 Å². The zero-order valence-electron chi connectivity index (χ0n) is 10.9. The summed E-state index contributed by atoms with van der Waals surface area (Å²) in [5.41, 5.74) is 7.28. The van der Waals surface area contributed by atoms with E-state index in [4.69, 9.17) is 5.73 Å². The number of carbonyl (C=O) groups excluding carboxylic acids is 1. The highest BCUT2D eigenvalue weighted by molar-refractivity contribution is 5.94. The molecular weight excluding hydrogens is 260 g/mol. The summed E-state index contributed by atoms with van der Waals surface area (Å²) in [4.78, 5) is 11.9. The number of hydrogen-bond acceptors (Lipinski definition) is 5. The highest BCUT2D eigenvalue weighted by Crippen LogP contribution is 2.25. The Balaban J connectivity index is 2.00. The Kier molecular flexibility index (Phi) is 3.90. The first-order chi connectivity index (χ1) is 9.47. The van der Waals surface area contributed by atoms with Gasteiger partial charge in [0.15, 0.2) is 11.5 Å². The summed E-state index contributed by atoms with van der Waals surface area (Å²) < 4.78 is 0. The van der Waals surface area contributed by atoms with Gasteiger partial charge in [-0.1, -0.05) is 6.07 Å². The van der Waals surface area contributed by atoms with Crippen molar-refractivity contribution in [1.82, 2.24) is 10.2 Å². The number of nitrogens with two attached hydrogens (primary N) is 1. The molecule has 0 spiro atoms. The number of aromatic hydroxyl groups is 2. The van der Waals surface area contributed by atoms with Crippen LogP contribution in [-0.2, 0) is 11.2 Å². The summed E-state index contributed by atoms with van der Waals surface area (Å²) in [6.45, 7) is 1.81. The van der Waals surface area contributed by atoms with Crippen molar-refractivity contribution in [3.63, 3.8) is 0 Å². The molecule has 0 saturated carbocycles. The molecule has 1 atom stereocenters. The molecule has 0 aliphatic carbocycles. The fourth-order valence-electron chi connectivity index (χ4n) is 1.73. The number of anilines is 1. The van der Waals surface area contributed by atoms with Gasteiger partial charge in [0.2, 0.25) is 5.91 Å². The third-order valence-corrected chi connectivity index (χ3v) is 2.91. The van der Waals surface area contributed by atoms with Crippen LogP contribution in [0.15, 0.2) is 24.4 Å². The Labute approximate surface area is 115 Å². The summed E-state index contributed by atoms with van der Waals surface area (Å²) >= 11 is 0. The van der Waals surface area contributed by atoms with Gasteiger partial charge in [0.25, 0.3) is 0 Å². The number of aromatic nitrogens is 2. The van der Waals surface area contributed by atoms with E-state index >= 15 is 0 Å². The summed E-state index contributed by atoms with van der Waals surface area (Å²) in [7, 11) is 0. The Bertz CT molecular complexity index is 624. The molecular formula is C13H16N4O3. The molecule has 1 aromatic heterocycles. The van der Waals surface area contributed by atoms with E-state index in [1.54, 1.807) is 12.3 Å². The van der Waals surface area contributed by atoms with Crippen LogP contribution in [0.5, 0.6) is 11.5 Å². The number of aryl methyl sites for hydroxylation is 1. The predicted octanol–water partition coefficient (Wildman–Crippen LogP) is 0.638. The van der Waals surface area contributed by atoms with Crippen molar-refractivity contribution in [2.45, 2.75) is 19.4 Å². The first kappa shape index (κ1) is 13.9. The molecule has 6 N–H and O–H groups in total. The van der Waals surface area contributed by atoms with Gasteiger partial charge >= 0.3 is 0 Å². The van der Waals surface area contributed by atoms with Gasteiger partial charge in [-0.3, -0.25) is 9.89 Å². The summed E-state index contributed by atoms with van der Waals surface area (Å²) in [5, 5.41) is 27.7. The first-order valence-corrected chi connectivity index (χ1v) is 6.04. The number of amides is 1. The minimum Gasteiger partial charge on any atom is -0.504 e. The molecule has 0 aliphatic rings. The van der Waals surface area contributed by atoms with E-state index in [9.17, 15) is 15.0 Å². The van der Waals surface area contributed by atoms with Crippen LogP contribution in [0.1, 0.15) is 11.1 Å². The number of benzene rings is 1. The van der Waals surface area contributed by atoms with Crippen LogP contribution in [0.25, 0.3) is 0 Å². The van der Waals surface area contributed by atoms with Crippen molar-refractivity contribution in [2.75, 3.05) is 5.32 Å². The maximum atomic E-state index is 11.9. The molecule has 1 aromatic carbocycles. The normalized spacial score (nSPS) is 12.1. The van der Waals surface area contributed by atoms with Crippen molar-refractivity contribution in [3.05, 3.63) is 35.5 Å². The number of H-pyrrole nitrogens is 1. The molecule has 20 heavy (non-hydrogen) atoms. The van der Waals surface area contributed by atoms with Gasteiger partial charge < -0.3 is 21.3 Å². The first-order valence-electron chi connectivity index (χ1n) is 6.04. The minimum absolute atomic E-state index is 0.208. The van der Waals surface area contributed by atoms with Crippen LogP contribution in [0.3, 0.4) is 0 Å². The molecule has 7 nitrogen and oxygen atoms in total. The second-order valence-electron chi connectivity index (χ2n) is 4.55. The van der Waals surface area contributed by atoms with E-state index in [1.807, 2.05) is 6.92 Å². The number of nitrogens with one attached hydrogen (secondary N) is 2.